The van der Waals surface area contributed by atoms with Crippen LogP contribution in [0.2, 0.25) is 0 Å². The van der Waals surface area contributed by atoms with Gasteiger partial charge in [-0.05, 0) is 32.3 Å². The maximum Gasteiger partial charge on any atom is 0.335 e. The largest absolute Gasteiger partial charge is 0.489 e. The van der Waals surface area contributed by atoms with Crippen molar-refractivity contribution in [2.45, 2.75) is 0 Å². The van der Waals surface area contributed by atoms with Crippen LogP contribution in [0.1, 0.15) is 10.4 Å². The van der Waals surface area contributed by atoms with Crippen molar-refractivity contribution < 1.29 is 19.0 Å². The zero-order chi connectivity index (χ0) is 12.1. The fourth-order valence-corrected chi connectivity index (χ4v) is 1.09. The first-order valence-electron chi connectivity index (χ1n) is 4.81. The molecule has 0 aliphatic rings. The number of carboxylic acid groups (broad SMARTS) is 1. The summed E-state index contributed by atoms with van der Waals surface area (Å²) in [7, 11) is 3.76. The lowest BCUT2D eigenvalue weighted by Gasteiger charge is -2.11. The Morgan fingerprint density at radius 3 is 2.69 bits per heavy atom. The van der Waals surface area contributed by atoms with Gasteiger partial charge in [-0.3, -0.25) is 0 Å². The molecule has 0 aliphatic carbocycles. The molecule has 0 saturated carbocycles. The second kappa shape index (κ2) is 5.46. The van der Waals surface area contributed by atoms with Gasteiger partial charge >= 0.3 is 5.97 Å². The van der Waals surface area contributed by atoms with Gasteiger partial charge in [0, 0.05) is 6.54 Å². The van der Waals surface area contributed by atoms with Crippen LogP contribution in [0.4, 0.5) is 4.39 Å². The maximum atomic E-state index is 13.3. The van der Waals surface area contributed by atoms with E-state index in [1.54, 1.807) is 0 Å². The quantitative estimate of drug-likeness (QED) is 0.827. The standard InChI is InChI=1S/C11H14FNO3/c1-13(2)5-6-16-10-4-3-8(11(14)15)7-9(10)12/h3-4,7H,5-6H2,1-2H3,(H,14,15). The normalized spacial score (nSPS) is 10.5. The van der Waals surface area contributed by atoms with Crippen molar-refractivity contribution in [1.29, 1.82) is 0 Å². The third kappa shape index (κ3) is 3.51. The molecule has 4 nitrogen and oxygen atoms in total. The molecule has 16 heavy (non-hydrogen) atoms. The summed E-state index contributed by atoms with van der Waals surface area (Å²) in [6.07, 6.45) is 0. The monoisotopic (exact) mass is 227 g/mol. The van der Waals surface area contributed by atoms with Gasteiger partial charge in [0.15, 0.2) is 11.6 Å². The molecule has 0 spiro atoms. The second-order valence-corrected chi connectivity index (χ2v) is 3.60. The van der Waals surface area contributed by atoms with Gasteiger partial charge in [-0.1, -0.05) is 0 Å². The zero-order valence-electron chi connectivity index (χ0n) is 9.24. The Bertz CT molecular complexity index is 379. The third-order valence-electron chi connectivity index (χ3n) is 1.97. The molecule has 0 unspecified atom stereocenters. The second-order valence-electron chi connectivity index (χ2n) is 3.60. The number of ether oxygens (including phenoxy) is 1. The molecule has 1 aromatic rings. The highest BCUT2D eigenvalue weighted by Gasteiger charge is 2.08. The molecule has 1 aromatic carbocycles. The molecule has 0 amide bonds. The minimum atomic E-state index is -1.15. The first-order chi connectivity index (χ1) is 7.50. The molecule has 5 heteroatoms. The molecule has 0 fully saturated rings. The molecule has 0 aliphatic heterocycles. The molecule has 0 heterocycles. The van der Waals surface area contributed by atoms with Crippen LogP contribution in [-0.2, 0) is 0 Å². The number of nitrogens with zero attached hydrogens (tertiary/aromatic N) is 1. The Morgan fingerprint density at radius 2 is 2.19 bits per heavy atom. The molecular weight excluding hydrogens is 213 g/mol. The van der Waals surface area contributed by atoms with E-state index in [4.69, 9.17) is 9.84 Å². The van der Waals surface area contributed by atoms with Gasteiger partial charge in [-0.15, -0.1) is 0 Å². The Morgan fingerprint density at radius 1 is 1.50 bits per heavy atom. The summed E-state index contributed by atoms with van der Waals surface area (Å²) in [5.41, 5.74) is -0.0857. The van der Waals surface area contributed by atoms with E-state index in [0.717, 1.165) is 6.07 Å². The third-order valence-corrected chi connectivity index (χ3v) is 1.97. The maximum absolute atomic E-state index is 13.3. The van der Waals surface area contributed by atoms with E-state index in [1.807, 2.05) is 19.0 Å². The van der Waals surface area contributed by atoms with E-state index in [-0.39, 0.29) is 11.3 Å². The number of halogens is 1. The number of aromatic carboxylic acids is 1. The van der Waals surface area contributed by atoms with Crippen molar-refractivity contribution in [3.05, 3.63) is 29.6 Å². The topological polar surface area (TPSA) is 49.8 Å². The van der Waals surface area contributed by atoms with Crippen molar-refractivity contribution in [2.24, 2.45) is 0 Å². The lowest BCUT2D eigenvalue weighted by atomic mass is 10.2. The smallest absolute Gasteiger partial charge is 0.335 e. The van der Waals surface area contributed by atoms with Gasteiger partial charge in [-0.25, -0.2) is 9.18 Å². The molecule has 1 N–H and O–H groups in total. The van der Waals surface area contributed by atoms with E-state index in [1.165, 1.54) is 12.1 Å². The van der Waals surface area contributed by atoms with Crippen LogP contribution in [0.25, 0.3) is 0 Å². The SMILES string of the molecule is CN(C)CCOc1ccc(C(=O)O)cc1F. The molecule has 0 bridgehead atoms. The van der Waals surface area contributed by atoms with Gasteiger partial charge in [0.05, 0.1) is 5.56 Å². The number of rotatable bonds is 5. The van der Waals surface area contributed by atoms with Gasteiger partial charge in [-0.2, -0.15) is 0 Å². The van der Waals surface area contributed by atoms with Crippen molar-refractivity contribution in [2.75, 3.05) is 27.2 Å². The number of hydrogen-bond donors (Lipinski definition) is 1. The first-order valence-corrected chi connectivity index (χ1v) is 4.81. The summed E-state index contributed by atoms with van der Waals surface area (Å²) >= 11 is 0. The van der Waals surface area contributed by atoms with Gasteiger partial charge in [0.2, 0.25) is 0 Å². The highest BCUT2D eigenvalue weighted by molar-refractivity contribution is 5.87. The fourth-order valence-electron chi connectivity index (χ4n) is 1.09. The van der Waals surface area contributed by atoms with E-state index in [9.17, 15) is 9.18 Å². The molecule has 0 atom stereocenters. The fraction of sp³-hybridized carbons (Fsp3) is 0.364. The van der Waals surface area contributed by atoms with Crippen molar-refractivity contribution >= 4 is 5.97 Å². The summed E-state index contributed by atoms with van der Waals surface area (Å²) in [5.74, 6) is -1.73. The van der Waals surface area contributed by atoms with Crippen molar-refractivity contribution in [3.8, 4) is 5.75 Å². The average Bonchev–Trinajstić information content (AvgIpc) is 2.19. The predicted octanol–water partition coefficient (Wildman–Crippen LogP) is 1.46. The van der Waals surface area contributed by atoms with E-state index < -0.39 is 11.8 Å². The van der Waals surface area contributed by atoms with Crippen LogP contribution in [0.3, 0.4) is 0 Å². The van der Waals surface area contributed by atoms with Gasteiger partial charge in [0.1, 0.15) is 6.61 Å². The molecule has 0 aromatic heterocycles. The number of carboxylic acids is 1. The highest BCUT2D eigenvalue weighted by Crippen LogP contribution is 2.18. The molecule has 0 saturated heterocycles. The molecule has 88 valence electrons. The minimum Gasteiger partial charge on any atom is -0.489 e. The van der Waals surface area contributed by atoms with Crippen molar-refractivity contribution in [1.82, 2.24) is 4.90 Å². The van der Waals surface area contributed by atoms with Crippen LogP contribution < -0.4 is 4.74 Å². The summed E-state index contributed by atoms with van der Waals surface area (Å²) in [5, 5.41) is 8.63. The number of likely N-dealkylation sites (N-methyl/N-ethyl adjacent to an activating group) is 1. The Labute approximate surface area is 93.3 Å². The summed E-state index contributed by atoms with van der Waals surface area (Å²) < 4.78 is 18.5. The van der Waals surface area contributed by atoms with E-state index in [2.05, 4.69) is 0 Å². The number of hydrogen-bond acceptors (Lipinski definition) is 3. The van der Waals surface area contributed by atoms with Crippen molar-refractivity contribution in [3.63, 3.8) is 0 Å². The summed E-state index contributed by atoms with van der Waals surface area (Å²) in [6.45, 7) is 1.02. The van der Waals surface area contributed by atoms with E-state index in [0.29, 0.717) is 13.2 Å². The van der Waals surface area contributed by atoms with Crippen LogP contribution in [-0.4, -0.2) is 43.2 Å². The van der Waals surface area contributed by atoms with Gasteiger partial charge < -0.3 is 14.7 Å². The lowest BCUT2D eigenvalue weighted by molar-refractivity contribution is 0.0696. The summed E-state index contributed by atoms with van der Waals surface area (Å²) in [6, 6.07) is 3.60. The van der Waals surface area contributed by atoms with Crippen LogP contribution in [0.5, 0.6) is 5.75 Å². The first kappa shape index (κ1) is 12.4. The van der Waals surface area contributed by atoms with E-state index >= 15 is 0 Å². The molecular formula is C11H14FNO3. The van der Waals surface area contributed by atoms with Crippen LogP contribution in [0.15, 0.2) is 18.2 Å². The average molecular weight is 227 g/mol. The highest BCUT2D eigenvalue weighted by atomic mass is 19.1. The zero-order valence-corrected chi connectivity index (χ0v) is 9.24. The van der Waals surface area contributed by atoms with Gasteiger partial charge in [0.25, 0.3) is 0 Å². The number of carbonyl (C=O) groups is 1. The Balaban J connectivity index is 2.64. The molecule has 1 rings (SSSR count). The van der Waals surface area contributed by atoms with Crippen LogP contribution >= 0.6 is 0 Å². The minimum absolute atomic E-state index is 0.0758. The summed E-state index contributed by atoms with van der Waals surface area (Å²) in [4.78, 5) is 12.5. The predicted molar refractivity (Wildman–Crippen MR) is 57.4 cm³/mol. The Kier molecular flexibility index (Phi) is 4.25. The lowest BCUT2D eigenvalue weighted by Crippen LogP contribution is -2.19. The number of benzene rings is 1. The van der Waals surface area contributed by atoms with Crippen LogP contribution in [0, 0.1) is 5.82 Å². The molecule has 0 radical (unpaired) electrons. The Hall–Kier alpha value is -1.62.